The van der Waals surface area contributed by atoms with Crippen LogP contribution in [0.3, 0.4) is 0 Å². The Bertz CT molecular complexity index is 585. The van der Waals surface area contributed by atoms with E-state index >= 15 is 0 Å². The molecule has 2 nitrogen and oxygen atoms in total. The van der Waals surface area contributed by atoms with Gasteiger partial charge in [0.25, 0.3) is 5.91 Å². The molecule has 94 valence electrons. The van der Waals surface area contributed by atoms with Gasteiger partial charge < -0.3 is 5.32 Å². The van der Waals surface area contributed by atoms with Crippen molar-refractivity contribution in [2.75, 3.05) is 0 Å². The second-order valence-electron chi connectivity index (χ2n) is 3.50. The van der Waals surface area contributed by atoms with Crippen LogP contribution in [0.25, 0.3) is 0 Å². The fourth-order valence-electron chi connectivity index (χ4n) is 1.38. The molecule has 0 saturated carbocycles. The molecule has 6 heteroatoms. The lowest BCUT2D eigenvalue weighted by Gasteiger charge is -2.07. The molecule has 1 aromatic heterocycles. The summed E-state index contributed by atoms with van der Waals surface area (Å²) in [7, 11) is 0. The molecule has 18 heavy (non-hydrogen) atoms. The monoisotopic (exact) mass is 499 g/mol. The van der Waals surface area contributed by atoms with E-state index in [9.17, 15) is 4.79 Å². The average Bonchev–Trinajstić information content (AvgIpc) is 2.75. The van der Waals surface area contributed by atoms with Crippen LogP contribution in [0.15, 0.2) is 38.6 Å². The first-order valence-electron chi connectivity index (χ1n) is 5.03. The zero-order valence-corrected chi connectivity index (χ0v) is 15.2. The van der Waals surface area contributed by atoms with Gasteiger partial charge in [0.05, 0.1) is 12.1 Å². The number of carbonyl (C=O) groups is 1. The van der Waals surface area contributed by atoms with E-state index in [0.717, 1.165) is 17.4 Å². The SMILES string of the molecule is O=C(NCc1sccc1Br)c1cc(Br)ccc1I. The summed E-state index contributed by atoms with van der Waals surface area (Å²) in [5.74, 6) is -0.0546. The Morgan fingerprint density at radius 2 is 2.11 bits per heavy atom. The molecule has 0 atom stereocenters. The fourth-order valence-corrected chi connectivity index (χ4v) is 3.75. The Morgan fingerprint density at radius 1 is 1.33 bits per heavy atom. The topological polar surface area (TPSA) is 29.1 Å². The van der Waals surface area contributed by atoms with Crippen LogP contribution >= 0.6 is 65.8 Å². The van der Waals surface area contributed by atoms with Crippen LogP contribution < -0.4 is 5.32 Å². The van der Waals surface area contributed by atoms with Crippen molar-refractivity contribution in [3.63, 3.8) is 0 Å². The molecule has 0 aliphatic carbocycles. The third-order valence-electron chi connectivity index (χ3n) is 2.27. The summed E-state index contributed by atoms with van der Waals surface area (Å²) in [6.45, 7) is 0.541. The Balaban J connectivity index is 2.08. The van der Waals surface area contributed by atoms with Gasteiger partial charge in [-0.05, 0) is 68.2 Å². The van der Waals surface area contributed by atoms with Crippen molar-refractivity contribution in [3.8, 4) is 0 Å². The quantitative estimate of drug-likeness (QED) is 0.602. The number of hydrogen-bond acceptors (Lipinski definition) is 2. The molecule has 0 saturated heterocycles. The highest BCUT2D eigenvalue weighted by atomic mass is 127. The largest absolute Gasteiger partial charge is 0.347 e. The smallest absolute Gasteiger partial charge is 0.252 e. The Kier molecular flexibility index (Phi) is 5.23. The minimum Gasteiger partial charge on any atom is -0.347 e. The van der Waals surface area contributed by atoms with Crippen molar-refractivity contribution in [1.82, 2.24) is 5.32 Å². The molecule has 0 aliphatic heterocycles. The fraction of sp³-hybridized carbons (Fsp3) is 0.0833. The van der Waals surface area contributed by atoms with E-state index in [2.05, 4.69) is 59.8 Å². The molecule has 1 N–H and O–H groups in total. The van der Waals surface area contributed by atoms with Crippen LogP contribution in [0.4, 0.5) is 0 Å². The van der Waals surface area contributed by atoms with Gasteiger partial charge in [-0.15, -0.1) is 11.3 Å². The summed E-state index contributed by atoms with van der Waals surface area (Å²) in [5.41, 5.74) is 0.692. The first-order chi connectivity index (χ1) is 8.58. The number of halogens is 3. The van der Waals surface area contributed by atoms with Crippen molar-refractivity contribution < 1.29 is 4.79 Å². The maximum absolute atomic E-state index is 12.1. The molecule has 1 aromatic carbocycles. The number of nitrogens with one attached hydrogen (secondary N) is 1. The van der Waals surface area contributed by atoms with E-state index in [1.165, 1.54) is 0 Å². The molecule has 0 unspecified atom stereocenters. The molecule has 2 aromatic rings. The molecule has 2 rings (SSSR count). The van der Waals surface area contributed by atoms with Gasteiger partial charge >= 0.3 is 0 Å². The van der Waals surface area contributed by atoms with Crippen molar-refractivity contribution in [2.45, 2.75) is 6.54 Å². The number of benzene rings is 1. The van der Waals surface area contributed by atoms with Crippen LogP contribution in [-0.4, -0.2) is 5.91 Å². The van der Waals surface area contributed by atoms with E-state index in [1.54, 1.807) is 11.3 Å². The van der Waals surface area contributed by atoms with Crippen LogP contribution in [0, 0.1) is 3.57 Å². The van der Waals surface area contributed by atoms with Crippen molar-refractivity contribution >= 4 is 71.7 Å². The zero-order valence-electron chi connectivity index (χ0n) is 9.04. The predicted octanol–water partition coefficient (Wildman–Crippen LogP) is 4.81. The lowest BCUT2D eigenvalue weighted by Crippen LogP contribution is -2.23. The zero-order chi connectivity index (χ0) is 13.1. The van der Waals surface area contributed by atoms with Crippen LogP contribution in [0.2, 0.25) is 0 Å². The maximum atomic E-state index is 12.1. The first-order valence-corrected chi connectivity index (χ1v) is 8.57. The summed E-state index contributed by atoms with van der Waals surface area (Å²) in [6.07, 6.45) is 0. The van der Waals surface area contributed by atoms with E-state index in [-0.39, 0.29) is 5.91 Å². The molecule has 0 bridgehead atoms. The van der Waals surface area contributed by atoms with Gasteiger partial charge in [0, 0.05) is 17.4 Å². The van der Waals surface area contributed by atoms with Gasteiger partial charge in [0.15, 0.2) is 0 Å². The molecule has 1 heterocycles. The predicted molar refractivity (Wildman–Crippen MR) is 90.0 cm³/mol. The number of carbonyl (C=O) groups excluding carboxylic acids is 1. The maximum Gasteiger partial charge on any atom is 0.252 e. The van der Waals surface area contributed by atoms with Crippen LogP contribution in [0.1, 0.15) is 15.2 Å². The summed E-state index contributed by atoms with van der Waals surface area (Å²) in [4.78, 5) is 13.2. The Morgan fingerprint density at radius 3 is 2.78 bits per heavy atom. The minimum absolute atomic E-state index is 0.0546. The normalized spacial score (nSPS) is 10.4. The second kappa shape index (κ2) is 6.49. The molecular formula is C12H8Br2INOS. The summed E-state index contributed by atoms with van der Waals surface area (Å²) >= 11 is 10.6. The number of amides is 1. The number of thiophene rings is 1. The van der Waals surface area contributed by atoms with Gasteiger partial charge in [0.1, 0.15) is 0 Å². The highest BCUT2D eigenvalue weighted by molar-refractivity contribution is 14.1. The average molecular weight is 501 g/mol. The van der Waals surface area contributed by atoms with Crippen molar-refractivity contribution in [3.05, 3.63) is 52.6 Å². The number of hydrogen-bond donors (Lipinski definition) is 1. The van der Waals surface area contributed by atoms with E-state index < -0.39 is 0 Å². The molecule has 0 radical (unpaired) electrons. The highest BCUT2D eigenvalue weighted by Gasteiger charge is 2.11. The van der Waals surface area contributed by atoms with Crippen LogP contribution in [-0.2, 0) is 6.54 Å². The lowest BCUT2D eigenvalue weighted by molar-refractivity contribution is 0.0950. The molecule has 1 amide bonds. The van der Waals surface area contributed by atoms with E-state index in [4.69, 9.17) is 0 Å². The minimum atomic E-state index is -0.0546. The summed E-state index contributed by atoms with van der Waals surface area (Å²) in [6, 6.07) is 7.66. The third-order valence-corrected chi connectivity index (χ3v) is 5.63. The first kappa shape index (κ1) is 14.5. The van der Waals surface area contributed by atoms with Gasteiger partial charge in [-0.25, -0.2) is 0 Å². The van der Waals surface area contributed by atoms with Gasteiger partial charge in [-0.1, -0.05) is 15.9 Å². The molecule has 0 spiro atoms. The standard InChI is InChI=1S/C12H8Br2INOS/c13-7-1-2-10(15)8(5-7)12(17)16-6-11-9(14)3-4-18-11/h1-5H,6H2,(H,16,17). The van der Waals surface area contributed by atoms with Crippen molar-refractivity contribution in [1.29, 1.82) is 0 Å². The van der Waals surface area contributed by atoms with E-state index in [1.807, 2.05) is 29.6 Å². The Hall–Kier alpha value is 0.0800. The van der Waals surface area contributed by atoms with Crippen LogP contribution in [0.5, 0.6) is 0 Å². The van der Waals surface area contributed by atoms with Gasteiger partial charge in [0.2, 0.25) is 0 Å². The molecule has 0 fully saturated rings. The second-order valence-corrected chi connectivity index (χ2v) is 7.43. The molecular weight excluding hydrogens is 493 g/mol. The summed E-state index contributed by atoms with van der Waals surface area (Å²) < 4.78 is 2.89. The molecule has 0 aliphatic rings. The van der Waals surface area contributed by atoms with E-state index in [0.29, 0.717) is 12.1 Å². The highest BCUT2D eigenvalue weighted by Crippen LogP contribution is 2.23. The van der Waals surface area contributed by atoms with Crippen molar-refractivity contribution in [2.24, 2.45) is 0 Å². The Labute approximate surface area is 140 Å². The van der Waals surface area contributed by atoms with Gasteiger partial charge in [-0.2, -0.15) is 0 Å². The third kappa shape index (κ3) is 3.55. The lowest BCUT2D eigenvalue weighted by atomic mass is 10.2. The summed E-state index contributed by atoms with van der Waals surface area (Å²) in [5, 5.41) is 4.92. The van der Waals surface area contributed by atoms with Gasteiger partial charge in [-0.3, -0.25) is 4.79 Å². The number of rotatable bonds is 3.